The lowest BCUT2D eigenvalue weighted by atomic mass is 10.4. The van der Waals surface area contributed by atoms with E-state index in [9.17, 15) is 14.4 Å². The summed E-state index contributed by atoms with van der Waals surface area (Å²) in [6.07, 6.45) is 0. The predicted molar refractivity (Wildman–Crippen MR) is 93.9 cm³/mol. The fourth-order valence-corrected chi connectivity index (χ4v) is 3.13. The van der Waals surface area contributed by atoms with E-state index in [1.54, 1.807) is 18.2 Å². The molecule has 24 heavy (non-hydrogen) atoms. The smallest absolute Gasteiger partial charge is 0.330 e. The Morgan fingerprint density at radius 2 is 1.88 bits per heavy atom. The normalized spacial score (nSPS) is 10.7. The number of hydrogen-bond acceptors (Lipinski definition) is 5. The van der Waals surface area contributed by atoms with Crippen LogP contribution in [0.1, 0.15) is 5.69 Å². The molecule has 1 aromatic carbocycles. The number of rotatable bonds is 5. The fourth-order valence-electron chi connectivity index (χ4n) is 1.84. The van der Waals surface area contributed by atoms with Crippen molar-refractivity contribution >= 4 is 40.9 Å². The van der Waals surface area contributed by atoms with E-state index >= 15 is 0 Å². The summed E-state index contributed by atoms with van der Waals surface area (Å²) in [5.74, 6) is -0.470. The van der Waals surface area contributed by atoms with Gasteiger partial charge in [0.25, 0.3) is 5.56 Å². The van der Waals surface area contributed by atoms with Crippen LogP contribution in [0.15, 0.2) is 38.8 Å². The molecule has 9 heteroatoms. The molecule has 6 nitrogen and oxygen atoms in total. The van der Waals surface area contributed by atoms with E-state index in [1.807, 2.05) is 0 Å². The third kappa shape index (κ3) is 4.43. The highest BCUT2D eigenvalue weighted by Crippen LogP contribution is 2.29. The van der Waals surface area contributed by atoms with E-state index in [4.69, 9.17) is 27.9 Å². The fraction of sp³-hybridized carbons (Fsp3) is 0.267. The van der Waals surface area contributed by atoms with Crippen molar-refractivity contribution in [2.45, 2.75) is 11.5 Å². The molecule has 0 bridgehead atoms. The summed E-state index contributed by atoms with van der Waals surface area (Å²) in [6.45, 7) is -0.162. The monoisotopic (exact) mass is 388 g/mol. The van der Waals surface area contributed by atoms with Crippen molar-refractivity contribution in [2.24, 2.45) is 14.1 Å². The van der Waals surface area contributed by atoms with Crippen LogP contribution in [-0.4, -0.2) is 20.9 Å². The zero-order chi connectivity index (χ0) is 17.9. The molecule has 2 aromatic rings. The highest BCUT2D eigenvalue weighted by molar-refractivity contribution is 8.00. The summed E-state index contributed by atoms with van der Waals surface area (Å²) < 4.78 is 7.34. The second-order valence-corrected chi connectivity index (χ2v) is 6.76. The van der Waals surface area contributed by atoms with Gasteiger partial charge >= 0.3 is 11.7 Å². The number of esters is 1. The van der Waals surface area contributed by atoms with E-state index in [2.05, 4.69) is 0 Å². The van der Waals surface area contributed by atoms with Crippen LogP contribution in [0, 0.1) is 0 Å². The Kier molecular flexibility index (Phi) is 6.15. The molecule has 0 radical (unpaired) electrons. The van der Waals surface area contributed by atoms with E-state index in [0.29, 0.717) is 20.6 Å². The molecule has 0 aliphatic heterocycles. The molecule has 0 saturated carbocycles. The van der Waals surface area contributed by atoms with Crippen molar-refractivity contribution < 1.29 is 9.53 Å². The number of nitrogens with zero attached hydrogens (tertiary/aromatic N) is 2. The average Bonchev–Trinajstić information content (AvgIpc) is 2.55. The van der Waals surface area contributed by atoms with Crippen LogP contribution in [0.5, 0.6) is 0 Å². The molecule has 0 saturated heterocycles. The number of ether oxygens (including phenoxy) is 1. The third-order valence-corrected chi connectivity index (χ3v) is 4.95. The van der Waals surface area contributed by atoms with Gasteiger partial charge < -0.3 is 4.74 Å². The molecule has 128 valence electrons. The maximum atomic E-state index is 11.8. The summed E-state index contributed by atoms with van der Waals surface area (Å²) in [4.78, 5) is 35.9. The summed E-state index contributed by atoms with van der Waals surface area (Å²) in [5, 5.41) is 1.01. The Morgan fingerprint density at radius 3 is 2.58 bits per heavy atom. The van der Waals surface area contributed by atoms with Crippen molar-refractivity contribution in [3.05, 3.63) is 60.8 Å². The molecule has 0 aliphatic carbocycles. The standard InChI is InChI=1S/C15H14Cl2N2O4S/c1-18-10(6-13(20)19(2)15(18)22)7-23-14(21)8-24-12-5-9(16)3-4-11(12)17/h3-6H,7-8H2,1-2H3. The van der Waals surface area contributed by atoms with E-state index in [0.717, 1.165) is 4.57 Å². The molecular formula is C15H14Cl2N2O4S. The van der Waals surface area contributed by atoms with Gasteiger partial charge in [-0.1, -0.05) is 23.2 Å². The highest BCUT2D eigenvalue weighted by atomic mass is 35.5. The van der Waals surface area contributed by atoms with E-state index in [1.165, 1.54) is 36.5 Å². The zero-order valence-electron chi connectivity index (χ0n) is 12.9. The van der Waals surface area contributed by atoms with Crippen molar-refractivity contribution in [1.29, 1.82) is 0 Å². The van der Waals surface area contributed by atoms with Gasteiger partial charge in [-0.3, -0.25) is 18.7 Å². The SMILES string of the molecule is Cn1c(COC(=O)CSc2cc(Cl)ccc2Cl)cc(=O)n(C)c1=O. The molecule has 0 amide bonds. The van der Waals surface area contributed by atoms with Crippen LogP contribution in [-0.2, 0) is 30.2 Å². The highest BCUT2D eigenvalue weighted by Gasteiger charge is 2.11. The van der Waals surface area contributed by atoms with Gasteiger partial charge in [-0.05, 0) is 18.2 Å². The Bertz CT molecular complexity index is 892. The lowest BCUT2D eigenvalue weighted by Crippen LogP contribution is -2.38. The number of thioether (sulfide) groups is 1. The average molecular weight is 389 g/mol. The molecular weight excluding hydrogens is 375 g/mol. The lowest BCUT2D eigenvalue weighted by molar-refractivity contribution is -0.141. The minimum atomic E-state index is -0.496. The Balaban J connectivity index is 1.98. The molecule has 2 rings (SSSR count). The Hall–Kier alpha value is -1.70. The largest absolute Gasteiger partial charge is 0.459 e. The maximum absolute atomic E-state index is 11.8. The van der Waals surface area contributed by atoms with Crippen molar-refractivity contribution in [3.8, 4) is 0 Å². The van der Waals surface area contributed by atoms with Crippen LogP contribution >= 0.6 is 35.0 Å². The first-order valence-electron chi connectivity index (χ1n) is 6.79. The summed E-state index contributed by atoms with van der Waals surface area (Å²) in [7, 11) is 2.89. The minimum Gasteiger partial charge on any atom is -0.459 e. The van der Waals surface area contributed by atoms with Gasteiger partial charge in [0.05, 0.1) is 16.5 Å². The summed E-state index contributed by atoms with van der Waals surface area (Å²) >= 11 is 13.1. The number of carbonyl (C=O) groups excluding carboxylic acids is 1. The second-order valence-electron chi connectivity index (χ2n) is 4.90. The minimum absolute atomic E-state index is 0.0266. The number of aromatic nitrogens is 2. The quantitative estimate of drug-likeness (QED) is 0.580. The lowest BCUT2D eigenvalue weighted by Gasteiger charge is -2.10. The first-order valence-corrected chi connectivity index (χ1v) is 8.53. The van der Waals surface area contributed by atoms with Gasteiger partial charge in [0.15, 0.2) is 0 Å². The molecule has 1 heterocycles. The van der Waals surface area contributed by atoms with Crippen LogP contribution in [0.3, 0.4) is 0 Å². The van der Waals surface area contributed by atoms with Crippen LogP contribution in [0.25, 0.3) is 0 Å². The van der Waals surface area contributed by atoms with E-state index < -0.39 is 17.2 Å². The maximum Gasteiger partial charge on any atom is 0.330 e. The first-order chi connectivity index (χ1) is 11.3. The molecule has 0 fully saturated rings. The van der Waals surface area contributed by atoms with Crippen LogP contribution in [0.2, 0.25) is 10.0 Å². The molecule has 1 aromatic heterocycles. The topological polar surface area (TPSA) is 70.3 Å². The van der Waals surface area contributed by atoms with Gasteiger partial charge in [0.1, 0.15) is 6.61 Å². The molecule has 0 N–H and O–H groups in total. The van der Waals surface area contributed by atoms with E-state index in [-0.39, 0.29) is 12.4 Å². The number of hydrogen-bond donors (Lipinski definition) is 0. The van der Waals surface area contributed by atoms with Crippen LogP contribution < -0.4 is 11.2 Å². The zero-order valence-corrected chi connectivity index (χ0v) is 15.2. The predicted octanol–water partition coefficient (Wildman–Crippen LogP) is 2.23. The summed E-state index contributed by atoms with van der Waals surface area (Å²) in [5.41, 5.74) is -0.611. The number of benzene rings is 1. The number of carbonyl (C=O) groups is 1. The van der Waals surface area contributed by atoms with Gasteiger partial charge in [0, 0.05) is 30.1 Å². The van der Waals surface area contributed by atoms with Crippen molar-refractivity contribution in [1.82, 2.24) is 9.13 Å². The first kappa shape index (κ1) is 18.6. The van der Waals surface area contributed by atoms with Crippen molar-refractivity contribution in [2.75, 3.05) is 5.75 Å². The summed E-state index contributed by atoms with van der Waals surface area (Å²) in [6, 6.07) is 6.22. The van der Waals surface area contributed by atoms with Gasteiger partial charge in [-0.15, -0.1) is 11.8 Å². The van der Waals surface area contributed by atoms with Crippen LogP contribution in [0.4, 0.5) is 0 Å². The Morgan fingerprint density at radius 1 is 1.17 bits per heavy atom. The molecule has 0 atom stereocenters. The second kappa shape index (κ2) is 7.92. The van der Waals surface area contributed by atoms with Gasteiger partial charge in [0.2, 0.25) is 0 Å². The number of halogens is 2. The Labute approximate surface area is 152 Å². The van der Waals surface area contributed by atoms with Gasteiger partial charge in [-0.2, -0.15) is 0 Å². The molecule has 0 unspecified atom stereocenters. The third-order valence-electron chi connectivity index (χ3n) is 3.25. The molecule has 0 spiro atoms. The van der Waals surface area contributed by atoms with Gasteiger partial charge in [-0.25, -0.2) is 4.79 Å². The van der Waals surface area contributed by atoms with Crippen molar-refractivity contribution in [3.63, 3.8) is 0 Å². The molecule has 0 aliphatic rings.